The Hall–Kier alpha value is -0.540. The van der Waals surface area contributed by atoms with Crippen LogP contribution < -0.4 is 5.73 Å². The standard InChI is InChI=1S/C6H10ClN3/c1-4-3-5(7)9-6(8)10(4)2/h3,6H,8H2,1-2H3. The number of nitrogens with two attached hydrogens (primary N) is 1. The minimum absolute atomic E-state index is 0.322. The average Bonchev–Trinajstić information content (AvgIpc) is 1.82. The van der Waals surface area contributed by atoms with Gasteiger partial charge in [-0.3, -0.25) is 5.73 Å². The van der Waals surface area contributed by atoms with Crippen LogP contribution >= 0.6 is 11.6 Å². The van der Waals surface area contributed by atoms with Crippen molar-refractivity contribution in [2.24, 2.45) is 10.7 Å². The second-order valence-electron chi connectivity index (χ2n) is 2.26. The molecule has 1 aliphatic rings. The lowest BCUT2D eigenvalue weighted by Gasteiger charge is -2.27. The molecule has 0 fully saturated rings. The molecule has 0 saturated carbocycles. The number of hydrogen-bond donors (Lipinski definition) is 1. The van der Waals surface area contributed by atoms with E-state index in [2.05, 4.69) is 4.99 Å². The second kappa shape index (κ2) is 2.60. The summed E-state index contributed by atoms with van der Waals surface area (Å²) in [4.78, 5) is 5.78. The van der Waals surface area contributed by atoms with Crippen LogP contribution in [-0.2, 0) is 0 Å². The quantitative estimate of drug-likeness (QED) is 0.566. The number of rotatable bonds is 0. The number of allylic oxidation sites excluding steroid dienone is 2. The fourth-order valence-corrected chi connectivity index (χ4v) is 0.991. The Labute approximate surface area is 65.2 Å². The molecule has 0 spiro atoms. The molecule has 1 rings (SSSR count). The van der Waals surface area contributed by atoms with Gasteiger partial charge < -0.3 is 4.90 Å². The van der Waals surface area contributed by atoms with Crippen molar-refractivity contribution in [2.75, 3.05) is 7.05 Å². The Kier molecular flexibility index (Phi) is 1.97. The van der Waals surface area contributed by atoms with Crippen LogP contribution in [0.4, 0.5) is 0 Å². The van der Waals surface area contributed by atoms with Crippen LogP contribution in [0.1, 0.15) is 6.92 Å². The largest absolute Gasteiger partial charge is 0.345 e. The molecule has 10 heavy (non-hydrogen) atoms. The normalized spacial score (nSPS) is 26.0. The van der Waals surface area contributed by atoms with E-state index in [4.69, 9.17) is 17.3 Å². The van der Waals surface area contributed by atoms with Gasteiger partial charge in [0.05, 0.1) is 0 Å². The molecule has 2 N–H and O–H groups in total. The highest BCUT2D eigenvalue weighted by Crippen LogP contribution is 2.11. The van der Waals surface area contributed by atoms with E-state index in [1.807, 2.05) is 18.9 Å². The average molecular weight is 160 g/mol. The third-order valence-electron chi connectivity index (χ3n) is 1.54. The van der Waals surface area contributed by atoms with Crippen molar-refractivity contribution in [3.63, 3.8) is 0 Å². The van der Waals surface area contributed by atoms with Crippen molar-refractivity contribution in [3.8, 4) is 0 Å². The lowest BCUT2D eigenvalue weighted by molar-refractivity contribution is 0.316. The maximum atomic E-state index is 5.64. The van der Waals surface area contributed by atoms with Gasteiger partial charge in [-0.25, -0.2) is 4.99 Å². The summed E-state index contributed by atoms with van der Waals surface area (Å²) >= 11 is 5.64. The van der Waals surface area contributed by atoms with Gasteiger partial charge in [-0.2, -0.15) is 0 Å². The molecule has 1 heterocycles. The monoisotopic (exact) mass is 159 g/mol. The van der Waals surface area contributed by atoms with Crippen molar-refractivity contribution >= 4 is 16.8 Å². The van der Waals surface area contributed by atoms with E-state index in [1.54, 1.807) is 6.08 Å². The smallest absolute Gasteiger partial charge is 0.174 e. The van der Waals surface area contributed by atoms with E-state index in [0.717, 1.165) is 5.70 Å². The molecule has 1 atom stereocenters. The van der Waals surface area contributed by atoms with E-state index < -0.39 is 0 Å². The highest BCUT2D eigenvalue weighted by Gasteiger charge is 2.13. The predicted octanol–water partition coefficient (Wildman–Crippen LogP) is 0.715. The maximum Gasteiger partial charge on any atom is 0.174 e. The number of nitrogens with zero attached hydrogens (tertiary/aromatic N) is 2. The summed E-state index contributed by atoms with van der Waals surface area (Å²) in [5.41, 5.74) is 6.61. The summed E-state index contributed by atoms with van der Waals surface area (Å²) in [6.07, 6.45) is 1.46. The van der Waals surface area contributed by atoms with Crippen LogP contribution in [-0.4, -0.2) is 23.4 Å². The molecule has 3 nitrogen and oxygen atoms in total. The van der Waals surface area contributed by atoms with Gasteiger partial charge in [-0.1, -0.05) is 11.6 Å². The van der Waals surface area contributed by atoms with E-state index in [1.165, 1.54) is 0 Å². The van der Waals surface area contributed by atoms with E-state index >= 15 is 0 Å². The predicted molar refractivity (Wildman–Crippen MR) is 42.8 cm³/mol. The summed E-state index contributed by atoms with van der Waals surface area (Å²) in [5.74, 6) is 0. The summed E-state index contributed by atoms with van der Waals surface area (Å²) in [6.45, 7) is 1.94. The molecular formula is C6H10ClN3. The molecule has 1 aliphatic heterocycles. The van der Waals surface area contributed by atoms with Crippen molar-refractivity contribution in [1.29, 1.82) is 0 Å². The Bertz CT molecular complexity index is 197. The first-order chi connectivity index (χ1) is 4.61. The van der Waals surface area contributed by atoms with Crippen LogP contribution in [0.3, 0.4) is 0 Å². The number of halogens is 1. The Morgan fingerprint density at radius 1 is 1.80 bits per heavy atom. The van der Waals surface area contributed by atoms with Gasteiger partial charge in [-0.15, -0.1) is 0 Å². The molecule has 4 heteroatoms. The number of aliphatic imine (C=N–C) groups is 1. The molecule has 0 aromatic rings. The Morgan fingerprint density at radius 3 is 2.90 bits per heavy atom. The summed E-state index contributed by atoms with van der Waals surface area (Å²) in [6, 6.07) is 0. The highest BCUT2D eigenvalue weighted by atomic mass is 35.5. The zero-order chi connectivity index (χ0) is 7.72. The van der Waals surface area contributed by atoms with Crippen molar-refractivity contribution < 1.29 is 0 Å². The van der Waals surface area contributed by atoms with E-state index in [0.29, 0.717) is 5.17 Å². The molecule has 0 saturated heterocycles. The molecule has 1 unspecified atom stereocenters. The molecule has 0 aliphatic carbocycles. The van der Waals surface area contributed by atoms with Crippen molar-refractivity contribution in [1.82, 2.24) is 4.90 Å². The van der Waals surface area contributed by atoms with E-state index in [9.17, 15) is 0 Å². The zero-order valence-corrected chi connectivity index (χ0v) is 6.76. The van der Waals surface area contributed by atoms with Crippen LogP contribution in [0.25, 0.3) is 0 Å². The first-order valence-electron chi connectivity index (χ1n) is 3.01. The van der Waals surface area contributed by atoms with Crippen molar-refractivity contribution in [3.05, 3.63) is 11.8 Å². The molecule has 0 aromatic carbocycles. The maximum absolute atomic E-state index is 5.64. The summed E-state index contributed by atoms with van der Waals surface area (Å²) in [5, 5.41) is 0.475. The third-order valence-corrected chi connectivity index (χ3v) is 1.74. The minimum Gasteiger partial charge on any atom is -0.345 e. The lowest BCUT2D eigenvalue weighted by Crippen LogP contribution is -2.38. The van der Waals surface area contributed by atoms with Crippen LogP contribution in [0.2, 0.25) is 0 Å². The third kappa shape index (κ3) is 1.30. The van der Waals surface area contributed by atoms with Gasteiger partial charge in [0.2, 0.25) is 0 Å². The van der Waals surface area contributed by atoms with Gasteiger partial charge in [0.25, 0.3) is 0 Å². The highest BCUT2D eigenvalue weighted by molar-refractivity contribution is 6.68. The van der Waals surface area contributed by atoms with Crippen LogP contribution in [0.15, 0.2) is 16.8 Å². The van der Waals surface area contributed by atoms with Crippen LogP contribution in [0, 0.1) is 0 Å². The van der Waals surface area contributed by atoms with E-state index in [-0.39, 0.29) is 6.29 Å². The van der Waals surface area contributed by atoms with Crippen molar-refractivity contribution in [2.45, 2.75) is 13.2 Å². The molecule has 0 radical (unpaired) electrons. The van der Waals surface area contributed by atoms with Gasteiger partial charge >= 0.3 is 0 Å². The fourth-order valence-electron chi connectivity index (χ4n) is 0.733. The zero-order valence-electron chi connectivity index (χ0n) is 6.00. The molecule has 0 bridgehead atoms. The first-order valence-corrected chi connectivity index (χ1v) is 3.39. The second-order valence-corrected chi connectivity index (χ2v) is 2.65. The Morgan fingerprint density at radius 2 is 2.40 bits per heavy atom. The Balaban J connectivity index is 2.85. The first kappa shape index (κ1) is 7.57. The van der Waals surface area contributed by atoms with Gasteiger partial charge in [0, 0.05) is 12.7 Å². The molecule has 0 aromatic heterocycles. The fraction of sp³-hybridized carbons (Fsp3) is 0.500. The van der Waals surface area contributed by atoms with Gasteiger partial charge in [-0.05, 0) is 13.0 Å². The van der Waals surface area contributed by atoms with Crippen LogP contribution in [0.5, 0.6) is 0 Å². The number of hydrogen-bond acceptors (Lipinski definition) is 3. The molecular weight excluding hydrogens is 150 g/mol. The van der Waals surface area contributed by atoms with Gasteiger partial charge in [0.15, 0.2) is 6.29 Å². The lowest BCUT2D eigenvalue weighted by atomic mass is 10.3. The SMILES string of the molecule is CC1=CC(Cl)=NC(N)N1C. The summed E-state index contributed by atoms with van der Waals surface area (Å²) < 4.78 is 0. The molecule has 0 amide bonds. The topological polar surface area (TPSA) is 41.6 Å². The van der Waals surface area contributed by atoms with Gasteiger partial charge in [0.1, 0.15) is 5.17 Å². The minimum atomic E-state index is -0.322. The summed E-state index contributed by atoms with van der Waals surface area (Å²) in [7, 11) is 1.88. The molecule has 56 valence electrons.